The Morgan fingerprint density at radius 3 is 2.75 bits per heavy atom. The van der Waals surface area contributed by atoms with Crippen molar-refractivity contribution in [2.45, 2.75) is 52.7 Å². The van der Waals surface area contributed by atoms with Crippen molar-refractivity contribution in [3.05, 3.63) is 35.0 Å². The number of aromatic nitrogens is 3. The van der Waals surface area contributed by atoms with Crippen LogP contribution in [0.4, 0.5) is 0 Å². The molecule has 0 bridgehead atoms. The van der Waals surface area contributed by atoms with Gasteiger partial charge in [0.1, 0.15) is 11.5 Å². The van der Waals surface area contributed by atoms with Crippen molar-refractivity contribution in [1.29, 1.82) is 0 Å². The minimum absolute atomic E-state index is 0.0291. The lowest BCUT2D eigenvalue weighted by Gasteiger charge is -2.32. The summed E-state index contributed by atoms with van der Waals surface area (Å²) in [4.78, 5) is 14.8. The number of carbonyl (C=O) groups is 1. The van der Waals surface area contributed by atoms with Crippen molar-refractivity contribution >= 4 is 5.91 Å². The molecule has 3 heterocycles. The second-order valence-corrected chi connectivity index (χ2v) is 6.36. The highest BCUT2D eigenvalue weighted by Gasteiger charge is 2.23. The van der Waals surface area contributed by atoms with E-state index in [1.165, 1.54) is 5.56 Å². The summed E-state index contributed by atoms with van der Waals surface area (Å²) in [5.74, 6) is 0.870. The Labute approximate surface area is 142 Å². The zero-order valence-electron chi connectivity index (χ0n) is 14.6. The Morgan fingerprint density at radius 2 is 2.12 bits per heavy atom. The maximum absolute atomic E-state index is 12.4. The monoisotopic (exact) mass is 331 g/mol. The van der Waals surface area contributed by atoms with E-state index < -0.39 is 0 Å². The lowest BCUT2D eigenvalue weighted by Crippen LogP contribution is -2.44. The summed E-state index contributed by atoms with van der Waals surface area (Å²) in [5.41, 5.74) is 2.79. The summed E-state index contributed by atoms with van der Waals surface area (Å²) in [6, 6.07) is 1.99. The fraction of sp³-hybridized carbons (Fsp3) is 0.588. The van der Waals surface area contributed by atoms with Gasteiger partial charge >= 0.3 is 0 Å². The first kappa shape index (κ1) is 16.7. The molecule has 3 rings (SSSR count). The molecule has 0 aromatic carbocycles. The Kier molecular flexibility index (Phi) is 4.99. The second kappa shape index (κ2) is 7.17. The third-order valence-corrected chi connectivity index (χ3v) is 4.73. The van der Waals surface area contributed by atoms with Gasteiger partial charge in [-0.05, 0) is 39.7 Å². The largest absolute Gasteiger partial charge is 0.361 e. The van der Waals surface area contributed by atoms with E-state index in [9.17, 15) is 4.79 Å². The van der Waals surface area contributed by atoms with E-state index in [4.69, 9.17) is 4.52 Å². The first-order valence-electron chi connectivity index (χ1n) is 8.55. The molecule has 0 unspecified atom stereocenters. The van der Waals surface area contributed by atoms with Gasteiger partial charge in [0.2, 0.25) is 0 Å². The van der Waals surface area contributed by atoms with Crippen LogP contribution in [0.15, 0.2) is 16.8 Å². The van der Waals surface area contributed by atoms with Gasteiger partial charge < -0.3 is 9.84 Å². The van der Waals surface area contributed by atoms with Crippen LogP contribution in [0.1, 0.15) is 47.3 Å². The highest BCUT2D eigenvalue weighted by atomic mass is 16.5. The molecule has 0 aliphatic carbocycles. The van der Waals surface area contributed by atoms with Crippen LogP contribution < -0.4 is 5.32 Å². The molecule has 24 heavy (non-hydrogen) atoms. The van der Waals surface area contributed by atoms with Crippen LogP contribution in [0, 0.1) is 13.8 Å². The molecular formula is C17H25N5O2. The van der Waals surface area contributed by atoms with E-state index in [0.29, 0.717) is 12.2 Å². The number of rotatable bonds is 5. The van der Waals surface area contributed by atoms with Crippen LogP contribution in [0.5, 0.6) is 0 Å². The molecule has 130 valence electrons. The maximum Gasteiger partial charge on any atom is 0.269 e. The normalized spacial score (nSPS) is 16.5. The van der Waals surface area contributed by atoms with E-state index in [0.717, 1.165) is 43.9 Å². The third-order valence-electron chi connectivity index (χ3n) is 4.73. The zero-order valence-corrected chi connectivity index (χ0v) is 14.6. The quantitative estimate of drug-likeness (QED) is 0.905. The lowest BCUT2D eigenvalue weighted by molar-refractivity contribution is 0.0898. The molecule has 7 nitrogen and oxygen atoms in total. The molecule has 0 radical (unpaired) electrons. The van der Waals surface area contributed by atoms with Crippen molar-refractivity contribution < 1.29 is 9.32 Å². The van der Waals surface area contributed by atoms with Gasteiger partial charge in [-0.2, -0.15) is 5.10 Å². The minimum Gasteiger partial charge on any atom is -0.361 e. The molecule has 1 saturated heterocycles. The molecule has 1 fully saturated rings. The van der Waals surface area contributed by atoms with Crippen LogP contribution in [-0.4, -0.2) is 44.9 Å². The van der Waals surface area contributed by atoms with Gasteiger partial charge in [-0.1, -0.05) is 5.16 Å². The zero-order chi connectivity index (χ0) is 17.1. The van der Waals surface area contributed by atoms with Crippen molar-refractivity contribution in [3.8, 4) is 0 Å². The standard InChI is InChI=1S/C17H25N5O2/c1-4-22-16(5-8-18-22)17(23)19-14-6-9-21(10-7-14)11-15-12(2)20-24-13(15)3/h5,8,14H,4,6-7,9-11H2,1-3H3,(H,19,23). The van der Waals surface area contributed by atoms with Crippen molar-refractivity contribution in [1.82, 2.24) is 25.2 Å². The van der Waals surface area contributed by atoms with Gasteiger partial charge in [0.25, 0.3) is 5.91 Å². The summed E-state index contributed by atoms with van der Waals surface area (Å²) in [6.45, 7) is 9.41. The Bertz CT molecular complexity index is 678. The van der Waals surface area contributed by atoms with Crippen molar-refractivity contribution in [2.24, 2.45) is 0 Å². The molecule has 2 aromatic rings. The van der Waals surface area contributed by atoms with E-state index in [1.54, 1.807) is 16.9 Å². The van der Waals surface area contributed by atoms with Gasteiger partial charge in [0, 0.05) is 44.0 Å². The van der Waals surface area contributed by atoms with E-state index in [2.05, 4.69) is 20.5 Å². The Morgan fingerprint density at radius 1 is 1.38 bits per heavy atom. The van der Waals surface area contributed by atoms with E-state index in [-0.39, 0.29) is 11.9 Å². The Balaban J connectivity index is 1.51. The second-order valence-electron chi connectivity index (χ2n) is 6.36. The van der Waals surface area contributed by atoms with Gasteiger partial charge in [-0.25, -0.2) is 0 Å². The fourth-order valence-electron chi connectivity index (χ4n) is 3.22. The van der Waals surface area contributed by atoms with Gasteiger partial charge in [-0.3, -0.25) is 14.4 Å². The number of hydrogen-bond acceptors (Lipinski definition) is 5. The average molecular weight is 331 g/mol. The summed E-state index contributed by atoms with van der Waals surface area (Å²) < 4.78 is 6.96. The number of piperidine rings is 1. The number of carbonyl (C=O) groups excluding carboxylic acids is 1. The van der Waals surface area contributed by atoms with E-state index in [1.807, 2.05) is 20.8 Å². The predicted molar refractivity (Wildman–Crippen MR) is 89.6 cm³/mol. The molecule has 0 spiro atoms. The topological polar surface area (TPSA) is 76.2 Å². The molecule has 0 atom stereocenters. The van der Waals surface area contributed by atoms with Crippen molar-refractivity contribution in [2.75, 3.05) is 13.1 Å². The van der Waals surface area contributed by atoms with Crippen LogP contribution in [0.25, 0.3) is 0 Å². The number of nitrogens with one attached hydrogen (secondary N) is 1. The Hall–Kier alpha value is -2.15. The SMILES string of the molecule is CCn1nccc1C(=O)NC1CCN(Cc2c(C)noc2C)CC1. The van der Waals surface area contributed by atoms with Crippen LogP contribution >= 0.6 is 0 Å². The van der Waals surface area contributed by atoms with Crippen molar-refractivity contribution in [3.63, 3.8) is 0 Å². The molecule has 0 saturated carbocycles. The van der Waals surface area contributed by atoms with Gasteiger partial charge in [0.15, 0.2) is 0 Å². The summed E-state index contributed by atoms with van der Waals surface area (Å²) >= 11 is 0. The number of hydrogen-bond donors (Lipinski definition) is 1. The molecule has 2 aromatic heterocycles. The first-order chi connectivity index (χ1) is 11.6. The maximum atomic E-state index is 12.4. The summed E-state index contributed by atoms with van der Waals surface area (Å²) in [5, 5.41) is 11.3. The average Bonchev–Trinajstić information content (AvgIpc) is 3.18. The number of likely N-dealkylation sites (tertiary alicyclic amines) is 1. The molecule has 7 heteroatoms. The smallest absolute Gasteiger partial charge is 0.269 e. The number of aryl methyl sites for hydroxylation is 3. The molecule has 1 aliphatic rings. The fourth-order valence-corrected chi connectivity index (χ4v) is 3.22. The highest BCUT2D eigenvalue weighted by Crippen LogP contribution is 2.19. The molecule has 1 aliphatic heterocycles. The minimum atomic E-state index is -0.0291. The molecule has 1 N–H and O–H groups in total. The molecular weight excluding hydrogens is 306 g/mol. The summed E-state index contributed by atoms with van der Waals surface area (Å²) in [7, 11) is 0. The van der Waals surface area contributed by atoms with Crippen LogP contribution in [-0.2, 0) is 13.1 Å². The first-order valence-corrected chi connectivity index (χ1v) is 8.55. The predicted octanol–water partition coefficient (Wildman–Crippen LogP) is 1.90. The molecule has 1 amide bonds. The van der Waals surface area contributed by atoms with Crippen LogP contribution in [0.2, 0.25) is 0 Å². The third kappa shape index (κ3) is 3.51. The van der Waals surface area contributed by atoms with E-state index >= 15 is 0 Å². The van der Waals surface area contributed by atoms with Gasteiger partial charge in [-0.15, -0.1) is 0 Å². The number of amides is 1. The highest BCUT2D eigenvalue weighted by molar-refractivity contribution is 5.92. The summed E-state index contributed by atoms with van der Waals surface area (Å²) in [6.07, 6.45) is 3.58. The lowest BCUT2D eigenvalue weighted by atomic mass is 10.0. The van der Waals surface area contributed by atoms with Gasteiger partial charge in [0.05, 0.1) is 5.69 Å². The van der Waals surface area contributed by atoms with Crippen LogP contribution in [0.3, 0.4) is 0 Å². The number of nitrogens with zero attached hydrogens (tertiary/aromatic N) is 4.